The molecule has 2 aliphatic heterocycles. The maximum absolute atomic E-state index is 12.2. The number of benzene rings is 1. The molecule has 5 nitrogen and oxygen atoms in total. The SMILES string of the molecule is CC(CN1CCN(c2ccccc2)CC1)NC(=O)CCC1CCNCC1.Cl.Cl.Cl. The number of nitrogens with zero attached hydrogens (tertiary/aromatic N) is 2. The Morgan fingerprint density at radius 3 is 2.31 bits per heavy atom. The molecule has 29 heavy (non-hydrogen) atoms. The molecular formula is C21H37Cl3N4O. The maximum Gasteiger partial charge on any atom is 0.220 e. The Balaban J connectivity index is 0.00000261. The summed E-state index contributed by atoms with van der Waals surface area (Å²) in [6, 6.07) is 10.8. The molecular weight excluding hydrogens is 431 g/mol. The lowest BCUT2D eigenvalue weighted by molar-refractivity contribution is -0.122. The zero-order valence-corrected chi connectivity index (χ0v) is 19.8. The largest absolute Gasteiger partial charge is 0.369 e. The summed E-state index contributed by atoms with van der Waals surface area (Å²) in [5.41, 5.74) is 1.31. The van der Waals surface area contributed by atoms with Gasteiger partial charge in [-0.2, -0.15) is 0 Å². The average molecular weight is 468 g/mol. The van der Waals surface area contributed by atoms with E-state index in [9.17, 15) is 4.79 Å². The summed E-state index contributed by atoms with van der Waals surface area (Å²) in [5.74, 6) is 0.947. The monoisotopic (exact) mass is 466 g/mol. The van der Waals surface area contributed by atoms with Crippen molar-refractivity contribution in [3.63, 3.8) is 0 Å². The van der Waals surface area contributed by atoms with Gasteiger partial charge in [0.25, 0.3) is 0 Å². The molecule has 168 valence electrons. The lowest BCUT2D eigenvalue weighted by Crippen LogP contribution is -2.50. The highest BCUT2D eigenvalue weighted by Gasteiger charge is 2.20. The number of amides is 1. The fraction of sp³-hybridized carbons (Fsp3) is 0.667. The quantitative estimate of drug-likeness (QED) is 0.645. The minimum absolute atomic E-state index is 0. The summed E-state index contributed by atoms with van der Waals surface area (Å²) >= 11 is 0. The van der Waals surface area contributed by atoms with Crippen LogP contribution in [0.25, 0.3) is 0 Å². The third kappa shape index (κ3) is 9.75. The van der Waals surface area contributed by atoms with Crippen molar-refractivity contribution in [3.8, 4) is 0 Å². The molecule has 1 atom stereocenters. The zero-order valence-electron chi connectivity index (χ0n) is 17.3. The summed E-state index contributed by atoms with van der Waals surface area (Å²) in [6.07, 6.45) is 4.15. The molecule has 2 aliphatic rings. The number of carbonyl (C=O) groups is 1. The molecule has 1 unspecified atom stereocenters. The van der Waals surface area contributed by atoms with Gasteiger partial charge in [0.15, 0.2) is 0 Å². The molecule has 0 bridgehead atoms. The van der Waals surface area contributed by atoms with E-state index in [0.717, 1.165) is 58.2 Å². The van der Waals surface area contributed by atoms with Crippen LogP contribution in [0, 0.1) is 5.92 Å². The number of carbonyl (C=O) groups excluding carboxylic acids is 1. The van der Waals surface area contributed by atoms with E-state index in [-0.39, 0.29) is 49.2 Å². The van der Waals surface area contributed by atoms with E-state index >= 15 is 0 Å². The van der Waals surface area contributed by atoms with Crippen LogP contribution in [0.4, 0.5) is 5.69 Å². The van der Waals surface area contributed by atoms with Crippen LogP contribution in [-0.2, 0) is 4.79 Å². The molecule has 2 N–H and O–H groups in total. The summed E-state index contributed by atoms with van der Waals surface area (Å²) in [6.45, 7) is 9.53. The Morgan fingerprint density at radius 1 is 1.07 bits per heavy atom. The molecule has 0 radical (unpaired) electrons. The predicted molar refractivity (Wildman–Crippen MR) is 129 cm³/mol. The molecule has 8 heteroatoms. The molecule has 0 spiro atoms. The van der Waals surface area contributed by atoms with Gasteiger partial charge < -0.3 is 15.5 Å². The van der Waals surface area contributed by atoms with E-state index in [1.807, 2.05) is 0 Å². The number of anilines is 1. The van der Waals surface area contributed by atoms with Crippen LogP contribution in [0.3, 0.4) is 0 Å². The topological polar surface area (TPSA) is 47.6 Å². The van der Waals surface area contributed by atoms with Gasteiger partial charge in [0.2, 0.25) is 5.91 Å². The number of hydrogen-bond acceptors (Lipinski definition) is 4. The van der Waals surface area contributed by atoms with Gasteiger partial charge in [-0.3, -0.25) is 9.69 Å². The van der Waals surface area contributed by atoms with Crippen molar-refractivity contribution in [1.82, 2.24) is 15.5 Å². The number of piperazine rings is 1. The number of para-hydroxylation sites is 1. The summed E-state index contributed by atoms with van der Waals surface area (Å²) in [7, 11) is 0. The van der Waals surface area contributed by atoms with Crippen LogP contribution >= 0.6 is 37.2 Å². The van der Waals surface area contributed by atoms with Crippen molar-refractivity contribution in [2.75, 3.05) is 50.7 Å². The van der Waals surface area contributed by atoms with Gasteiger partial charge in [-0.15, -0.1) is 37.2 Å². The average Bonchev–Trinajstić information content (AvgIpc) is 2.68. The lowest BCUT2D eigenvalue weighted by Gasteiger charge is -2.37. The van der Waals surface area contributed by atoms with Crippen molar-refractivity contribution in [1.29, 1.82) is 0 Å². The number of piperidine rings is 1. The third-order valence-corrected chi connectivity index (χ3v) is 5.67. The van der Waals surface area contributed by atoms with Crippen LogP contribution in [0.15, 0.2) is 30.3 Å². The fourth-order valence-electron chi connectivity index (χ4n) is 4.11. The Bertz CT molecular complexity index is 550. The highest BCUT2D eigenvalue weighted by molar-refractivity contribution is 5.86. The summed E-state index contributed by atoms with van der Waals surface area (Å²) in [5, 5.41) is 6.58. The summed E-state index contributed by atoms with van der Waals surface area (Å²) < 4.78 is 0. The Kier molecular flexibility index (Phi) is 14.8. The molecule has 3 rings (SSSR count). The highest BCUT2D eigenvalue weighted by atomic mass is 35.5. The maximum atomic E-state index is 12.2. The van der Waals surface area contributed by atoms with Crippen LogP contribution < -0.4 is 15.5 Å². The Hall–Kier alpha value is -0.720. The molecule has 2 fully saturated rings. The standard InChI is InChI=1S/C21H34N4O.3ClH/c1-18(23-21(26)8-7-19-9-11-22-12-10-19)17-24-13-15-25(16-14-24)20-5-3-2-4-6-20;;;/h2-6,18-19,22H,7-17H2,1H3,(H,23,26);3*1H. The van der Waals surface area contributed by atoms with Gasteiger partial charge in [0, 0.05) is 50.9 Å². The third-order valence-electron chi connectivity index (χ3n) is 5.67. The number of halogens is 3. The highest BCUT2D eigenvalue weighted by Crippen LogP contribution is 2.18. The van der Waals surface area contributed by atoms with Gasteiger partial charge in [0.05, 0.1) is 0 Å². The van der Waals surface area contributed by atoms with E-state index in [1.54, 1.807) is 0 Å². The van der Waals surface area contributed by atoms with Crippen molar-refractivity contribution < 1.29 is 4.79 Å². The number of nitrogens with one attached hydrogen (secondary N) is 2. The molecule has 1 amide bonds. The molecule has 1 aromatic rings. The first-order chi connectivity index (χ1) is 12.7. The second-order valence-electron chi connectivity index (χ2n) is 7.82. The molecule has 1 aromatic carbocycles. The fourth-order valence-corrected chi connectivity index (χ4v) is 4.11. The molecule has 0 aromatic heterocycles. The Morgan fingerprint density at radius 2 is 1.69 bits per heavy atom. The predicted octanol–water partition coefficient (Wildman–Crippen LogP) is 3.36. The van der Waals surface area contributed by atoms with Gasteiger partial charge in [0.1, 0.15) is 0 Å². The normalized spacial score (nSPS) is 18.6. The second kappa shape index (κ2) is 15.1. The molecule has 2 saturated heterocycles. The minimum Gasteiger partial charge on any atom is -0.369 e. The first-order valence-corrected chi connectivity index (χ1v) is 10.2. The van der Waals surface area contributed by atoms with E-state index in [1.165, 1.54) is 18.5 Å². The Labute approximate surface area is 194 Å². The van der Waals surface area contributed by atoms with Gasteiger partial charge in [-0.05, 0) is 57.3 Å². The van der Waals surface area contributed by atoms with E-state index in [4.69, 9.17) is 0 Å². The van der Waals surface area contributed by atoms with Crippen LogP contribution in [0.5, 0.6) is 0 Å². The van der Waals surface area contributed by atoms with Gasteiger partial charge in [-0.25, -0.2) is 0 Å². The van der Waals surface area contributed by atoms with Crippen molar-refractivity contribution in [2.45, 2.75) is 38.6 Å². The van der Waals surface area contributed by atoms with Crippen molar-refractivity contribution >= 4 is 48.8 Å². The second-order valence-corrected chi connectivity index (χ2v) is 7.82. The first-order valence-electron chi connectivity index (χ1n) is 10.2. The van der Waals surface area contributed by atoms with Crippen LogP contribution in [0.1, 0.15) is 32.6 Å². The van der Waals surface area contributed by atoms with Crippen LogP contribution in [0.2, 0.25) is 0 Å². The van der Waals surface area contributed by atoms with E-state index < -0.39 is 0 Å². The minimum atomic E-state index is 0. The summed E-state index contributed by atoms with van der Waals surface area (Å²) in [4.78, 5) is 17.1. The van der Waals surface area contributed by atoms with Gasteiger partial charge in [-0.1, -0.05) is 18.2 Å². The van der Waals surface area contributed by atoms with Gasteiger partial charge >= 0.3 is 0 Å². The zero-order chi connectivity index (χ0) is 18.2. The molecule has 0 aliphatic carbocycles. The first kappa shape index (κ1) is 28.3. The smallest absolute Gasteiger partial charge is 0.220 e. The van der Waals surface area contributed by atoms with E-state index in [2.05, 4.69) is 57.7 Å². The van der Waals surface area contributed by atoms with Crippen LogP contribution in [-0.4, -0.2) is 62.7 Å². The molecule has 0 saturated carbocycles. The lowest BCUT2D eigenvalue weighted by atomic mass is 9.93. The molecule has 2 heterocycles. The number of hydrogen-bond donors (Lipinski definition) is 2. The van der Waals surface area contributed by atoms with E-state index in [0.29, 0.717) is 6.42 Å². The number of rotatable bonds is 7. The van der Waals surface area contributed by atoms with Crippen molar-refractivity contribution in [3.05, 3.63) is 30.3 Å². The van der Waals surface area contributed by atoms with Crippen molar-refractivity contribution in [2.24, 2.45) is 5.92 Å².